The molecule has 0 bridgehead atoms. The third-order valence-electron chi connectivity index (χ3n) is 7.48. The molecule has 4 nitrogen and oxygen atoms in total. The van der Waals surface area contributed by atoms with Crippen molar-refractivity contribution in [3.05, 3.63) is 69.3 Å². The fourth-order valence-electron chi connectivity index (χ4n) is 5.61. The number of carbonyl (C=O) groups excluding carboxylic acids is 1. The molecule has 2 aromatic carbocycles. The average molecular weight is 413 g/mol. The monoisotopic (exact) mass is 412 g/mol. The van der Waals surface area contributed by atoms with Crippen molar-refractivity contribution in [3.8, 4) is 6.07 Å². The van der Waals surface area contributed by atoms with Gasteiger partial charge in [0.05, 0.1) is 17.7 Å². The lowest BCUT2D eigenvalue weighted by molar-refractivity contribution is 0.105. The normalized spacial score (nSPS) is 19.7. The van der Waals surface area contributed by atoms with Gasteiger partial charge in [-0.15, -0.1) is 0 Å². The molecule has 1 N–H and O–H groups in total. The SMILES string of the molecule is CCc1cc2c(cc1N1CCC(O)CC1)C(C)(C)C1=C(C2=O)c2ccc(C#N)cc2C1. The number of aliphatic hydroxyl groups excluding tert-OH is 1. The molecule has 0 saturated carbocycles. The van der Waals surface area contributed by atoms with Gasteiger partial charge in [0.1, 0.15) is 0 Å². The van der Waals surface area contributed by atoms with Crippen molar-refractivity contribution in [1.29, 1.82) is 5.26 Å². The summed E-state index contributed by atoms with van der Waals surface area (Å²) in [6.45, 7) is 8.27. The summed E-state index contributed by atoms with van der Waals surface area (Å²) < 4.78 is 0. The quantitative estimate of drug-likeness (QED) is 0.785. The number of fused-ring (bicyclic) bond motifs is 3. The molecule has 2 aliphatic carbocycles. The van der Waals surface area contributed by atoms with E-state index in [1.807, 2.05) is 18.2 Å². The first-order valence-electron chi connectivity index (χ1n) is 11.3. The van der Waals surface area contributed by atoms with E-state index in [1.54, 1.807) is 0 Å². The highest BCUT2D eigenvalue weighted by Crippen LogP contribution is 2.51. The van der Waals surface area contributed by atoms with Gasteiger partial charge in [-0.1, -0.05) is 26.8 Å². The van der Waals surface area contributed by atoms with Gasteiger partial charge in [-0.05, 0) is 77.8 Å². The molecule has 1 heterocycles. The van der Waals surface area contributed by atoms with E-state index in [0.717, 1.165) is 66.6 Å². The molecule has 0 atom stereocenters. The predicted octanol–water partition coefficient (Wildman–Crippen LogP) is 4.57. The van der Waals surface area contributed by atoms with Crippen LogP contribution in [0.25, 0.3) is 5.57 Å². The van der Waals surface area contributed by atoms with Crippen molar-refractivity contribution in [1.82, 2.24) is 0 Å². The van der Waals surface area contributed by atoms with Gasteiger partial charge in [0.25, 0.3) is 0 Å². The van der Waals surface area contributed by atoms with E-state index in [9.17, 15) is 15.2 Å². The summed E-state index contributed by atoms with van der Waals surface area (Å²) in [7, 11) is 0. The second-order valence-electron chi connectivity index (χ2n) is 9.57. The largest absolute Gasteiger partial charge is 0.393 e. The van der Waals surface area contributed by atoms with E-state index < -0.39 is 0 Å². The van der Waals surface area contributed by atoms with Crippen molar-refractivity contribution in [2.45, 2.75) is 58.0 Å². The zero-order valence-corrected chi connectivity index (χ0v) is 18.5. The number of nitriles is 1. The van der Waals surface area contributed by atoms with E-state index >= 15 is 0 Å². The van der Waals surface area contributed by atoms with E-state index in [2.05, 4.69) is 43.9 Å². The van der Waals surface area contributed by atoms with Gasteiger partial charge in [-0.3, -0.25) is 4.79 Å². The summed E-state index contributed by atoms with van der Waals surface area (Å²) in [6.07, 6.45) is 2.95. The van der Waals surface area contributed by atoms with E-state index in [-0.39, 0.29) is 17.3 Å². The summed E-state index contributed by atoms with van der Waals surface area (Å²) in [5.74, 6) is 0.114. The minimum atomic E-state index is -0.263. The third kappa shape index (κ3) is 2.95. The van der Waals surface area contributed by atoms with Crippen LogP contribution in [0.4, 0.5) is 5.69 Å². The number of allylic oxidation sites excluding steroid dienone is 2. The van der Waals surface area contributed by atoms with Crippen molar-refractivity contribution in [2.75, 3.05) is 18.0 Å². The first kappa shape index (κ1) is 20.0. The standard InChI is InChI=1S/C27H28N2O2/c1-4-17-12-21-22(14-24(17)29-9-7-19(30)8-10-29)27(2,3)23-13-18-11-16(15-28)5-6-20(18)25(23)26(21)31/h5-6,11-12,14,19,30H,4,7-10,13H2,1-3H3. The molecule has 0 unspecified atom stereocenters. The number of benzene rings is 2. The number of piperidine rings is 1. The van der Waals surface area contributed by atoms with Crippen molar-refractivity contribution < 1.29 is 9.90 Å². The Hall–Kier alpha value is -2.90. The van der Waals surface area contributed by atoms with Gasteiger partial charge in [0.2, 0.25) is 0 Å². The maximum atomic E-state index is 13.7. The highest BCUT2D eigenvalue weighted by atomic mass is 16.3. The molecule has 0 aromatic heterocycles. The topological polar surface area (TPSA) is 64.3 Å². The zero-order chi connectivity index (χ0) is 21.9. The molecule has 0 radical (unpaired) electrons. The van der Waals surface area contributed by atoms with Crippen LogP contribution < -0.4 is 4.90 Å². The average Bonchev–Trinajstić information content (AvgIpc) is 3.17. The van der Waals surface area contributed by atoms with Gasteiger partial charge in [-0.25, -0.2) is 0 Å². The van der Waals surface area contributed by atoms with E-state index in [4.69, 9.17) is 0 Å². The minimum Gasteiger partial charge on any atom is -0.393 e. The molecule has 31 heavy (non-hydrogen) atoms. The maximum Gasteiger partial charge on any atom is 0.193 e. The first-order chi connectivity index (χ1) is 14.8. The fraction of sp³-hybridized carbons (Fsp3) is 0.407. The van der Waals surface area contributed by atoms with Gasteiger partial charge >= 0.3 is 0 Å². The van der Waals surface area contributed by atoms with Gasteiger partial charge in [0, 0.05) is 35.3 Å². The van der Waals surface area contributed by atoms with Crippen molar-refractivity contribution in [2.24, 2.45) is 0 Å². The second-order valence-corrected chi connectivity index (χ2v) is 9.57. The summed E-state index contributed by atoms with van der Waals surface area (Å²) in [6, 6.07) is 12.3. The third-order valence-corrected chi connectivity index (χ3v) is 7.48. The molecule has 4 heteroatoms. The highest BCUT2D eigenvalue weighted by molar-refractivity contribution is 6.33. The van der Waals surface area contributed by atoms with Crippen LogP contribution in [0.1, 0.15) is 71.8 Å². The molecule has 3 aliphatic rings. The predicted molar refractivity (Wildman–Crippen MR) is 122 cm³/mol. The van der Waals surface area contributed by atoms with Crippen LogP contribution >= 0.6 is 0 Å². The van der Waals surface area contributed by atoms with Gasteiger partial charge in [0.15, 0.2) is 5.78 Å². The molecule has 1 saturated heterocycles. The summed E-state index contributed by atoms with van der Waals surface area (Å²) in [5, 5.41) is 19.2. The number of hydrogen-bond donors (Lipinski definition) is 1. The number of hydrogen-bond acceptors (Lipinski definition) is 4. The van der Waals surface area contributed by atoms with Crippen LogP contribution in [0.5, 0.6) is 0 Å². The lowest BCUT2D eigenvalue weighted by Crippen LogP contribution is -2.37. The molecule has 1 fully saturated rings. The Balaban J connectivity index is 1.64. The van der Waals surface area contributed by atoms with E-state index in [1.165, 1.54) is 16.8 Å². The van der Waals surface area contributed by atoms with Crippen LogP contribution in [-0.2, 0) is 18.3 Å². The van der Waals surface area contributed by atoms with E-state index in [0.29, 0.717) is 5.56 Å². The van der Waals surface area contributed by atoms with Crippen LogP contribution in [0.2, 0.25) is 0 Å². The molecule has 0 amide bonds. The van der Waals surface area contributed by atoms with Crippen molar-refractivity contribution in [3.63, 3.8) is 0 Å². The van der Waals surface area contributed by atoms with Crippen LogP contribution in [0.3, 0.4) is 0 Å². The Morgan fingerprint density at radius 3 is 2.58 bits per heavy atom. The molecule has 2 aromatic rings. The highest BCUT2D eigenvalue weighted by Gasteiger charge is 2.43. The Labute approximate surface area is 183 Å². The number of rotatable bonds is 2. The molecule has 5 rings (SSSR count). The molecular weight excluding hydrogens is 384 g/mol. The van der Waals surface area contributed by atoms with Crippen LogP contribution in [0.15, 0.2) is 35.9 Å². The van der Waals surface area contributed by atoms with Gasteiger partial charge < -0.3 is 10.0 Å². The molecule has 1 aliphatic heterocycles. The maximum absolute atomic E-state index is 13.7. The van der Waals surface area contributed by atoms with Crippen LogP contribution in [-0.4, -0.2) is 30.1 Å². The number of carbonyl (C=O) groups is 1. The Bertz CT molecular complexity index is 1170. The Morgan fingerprint density at radius 2 is 1.90 bits per heavy atom. The van der Waals surface area contributed by atoms with Gasteiger partial charge in [-0.2, -0.15) is 5.26 Å². The Morgan fingerprint density at radius 1 is 1.16 bits per heavy atom. The molecule has 158 valence electrons. The number of ketones is 1. The summed E-state index contributed by atoms with van der Waals surface area (Å²) in [5.41, 5.74) is 8.78. The second kappa shape index (κ2) is 7.07. The fourth-order valence-corrected chi connectivity index (χ4v) is 5.61. The zero-order valence-electron chi connectivity index (χ0n) is 18.5. The summed E-state index contributed by atoms with van der Waals surface area (Å²) >= 11 is 0. The summed E-state index contributed by atoms with van der Waals surface area (Å²) in [4.78, 5) is 16.1. The Kier molecular flexibility index (Phi) is 4.57. The van der Waals surface area contributed by atoms with Crippen LogP contribution in [0, 0.1) is 11.3 Å². The smallest absolute Gasteiger partial charge is 0.193 e. The van der Waals surface area contributed by atoms with Crippen molar-refractivity contribution >= 4 is 17.0 Å². The lowest BCUT2D eigenvalue weighted by atomic mass is 9.68. The first-order valence-corrected chi connectivity index (χ1v) is 11.3. The lowest BCUT2D eigenvalue weighted by Gasteiger charge is -2.38. The molecular formula is C27H28N2O2. The number of aliphatic hydroxyl groups is 1. The number of nitrogens with zero attached hydrogens (tertiary/aromatic N) is 2. The number of aryl methyl sites for hydroxylation is 1. The number of Topliss-reactive ketones (excluding diaryl/α,β-unsaturated/α-hetero) is 1. The minimum absolute atomic E-state index is 0.114. The molecule has 0 spiro atoms. The number of anilines is 1.